The quantitative estimate of drug-likeness (QED) is 0.268. The maximum atomic E-state index is 7.63. The Morgan fingerprint density at radius 3 is 2.50 bits per heavy atom. The summed E-state index contributed by atoms with van der Waals surface area (Å²) < 4.78 is 5.97. The molecule has 0 atom stereocenters. The summed E-state index contributed by atoms with van der Waals surface area (Å²) in [4.78, 5) is 0. The lowest BCUT2D eigenvalue weighted by molar-refractivity contribution is 0.0794. The number of hydroxylamine groups is 1. The van der Waals surface area contributed by atoms with Gasteiger partial charge in [0.1, 0.15) is 6.73 Å². The van der Waals surface area contributed by atoms with Crippen LogP contribution in [0.5, 0.6) is 0 Å². The van der Waals surface area contributed by atoms with Gasteiger partial charge in [-0.2, -0.15) is 5.47 Å². The van der Waals surface area contributed by atoms with E-state index in [9.17, 15) is 0 Å². The van der Waals surface area contributed by atoms with Crippen molar-refractivity contribution in [2.75, 3.05) is 6.73 Å². The Labute approximate surface area is 25.3 Å². The molecule has 0 rings (SSSR count). The summed E-state index contributed by atoms with van der Waals surface area (Å²) in [5, 5.41) is 15.2. The summed E-state index contributed by atoms with van der Waals surface area (Å²) >= 11 is 0. The van der Waals surface area contributed by atoms with Crippen LogP contribution in [0.1, 0.15) is 0 Å². The van der Waals surface area contributed by atoms with Gasteiger partial charge in [-0.25, -0.2) is 0 Å². The zero-order valence-corrected chi connectivity index (χ0v) is 2.05. The van der Waals surface area contributed by atoms with Crippen LogP contribution in [0.25, 0.3) is 0 Å². The number of hydrogen-bond donors (Lipinski definition) is 3. The second kappa shape index (κ2) is 2.88. The monoisotopic (exact) mass is 64.0 g/mol. The molecule has 0 bridgehead atoms. The Kier molecular flexibility index (Phi) is 1.54. The predicted octanol–water partition coefficient (Wildman–Crippen LogP) is -1.08. The highest BCUT2D eigenvalue weighted by Crippen LogP contribution is 1.23. The molecule has 0 aliphatic heterocycles. The standard InChI is InChI=1S/CH5NO2/c3-1-2-4/h2-4H,1H2/i/hD. The molecule has 0 saturated carbocycles. The van der Waals surface area contributed by atoms with Crippen LogP contribution in [0, 0.1) is 0 Å². The molecule has 4 heavy (non-hydrogen) atoms. The topological polar surface area (TPSA) is 52.5 Å². The van der Waals surface area contributed by atoms with Crippen molar-refractivity contribution >= 4 is 0 Å². The molecule has 0 aromatic rings. The molecule has 0 spiro atoms. The fraction of sp³-hybridized carbons (Fsp3) is 1.00. The molecule has 0 radical (unpaired) electrons. The molecule has 0 aliphatic rings. The third-order valence-electron chi connectivity index (χ3n) is 0.0632. The molecule has 0 aromatic carbocycles. The van der Waals surface area contributed by atoms with Gasteiger partial charge in [0.2, 0.25) is 0 Å². The summed E-state index contributed by atoms with van der Waals surface area (Å²) in [6.45, 7) is -0.639. The first-order chi connectivity index (χ1) is 2.27. The lowest BCUT2D eigenvalue weighted by atomic mass is 11.4. The number of nitrogens with one attached hydrogen (secondary N) is 1. The van der Waals surface area contributed by atoms with Crippen molar-refractivity contribution in [1.82, 2.24) is 5.47 Å². The van der Waals surface area contributed by atoms with Crippen LogP contribution in [0.2, 0.25) is 1.41 Å². The highest BCUT2D eigenvalue weighted by atomic mass is 16.5. The van der Waals surface area contributed by atoms with Crippen LogP contribution < -0.4 is 5.47 Å². The van der Waals surface area contributed by atoms with Gasteiger partial charge in [-0.3, -0.25) is 0 Å². The van der Waals surface area contributed by atoms with Gasteiger partial charge in [-0.05, 0) is 0 Å². The molecular formula is CH5NO2. The maximum absolute atomic E-state index is 7.63. The predicted molar refractivity (Wildman–Crippen MR) is 12.0 cm³/mol. The van der Waals surface area contributed by atoms with E-state index in [1.54, 1.807) is 0 Å². The first kappa shape index (κ1) is 2.14. The van der Waals surface area contributed by atoms with E-state index in [-0.39, 0.29) is 5.47 Å². The maximum Gasteiger partial charge on any atom is 0.157 e. The molecule has 0 fully saturated rings. The van der Waals surface area contributed by atoms with E-state index in [0.717, 1.165) is 0 Å². The normalized spacial score (nSPS) is 12.2. The Morgan fingerprint density at radius 2 is 2.50 bits per heavy atom. The minimum absolute atomic E-state index is 0.0694. The Balaban J connectivity index is 2.54. The smallest absolute Gasteiger partial charge is 0.157 e. The summed E-state index contributed by atoms with van der Waals surface area (Å²) in [6, 6.07) is 0. The van der Waals surface area contributed by atoms with Crippen molar-refractivity contribution in [1.29, 1.82) is 0 Å². The molecule has 26 valence electrons. The second-order valence-corrected chi connectivity index (χ2v) is 0.283. The van der Waals surface area contributed by atoms with Crippen molar-refractivity contribution in [3.8, 4) is 0 Å². The van der Waals surface area contributed by atoms with Gasteiger partial charge < -0.3 is 10.3 Å². The number of aliphatic hydroxyl groups is 1. The molecule has 0 heterocycles. The van der Waals surface area contributed by atoms with Gasteiger partial charge in [-0.15, -0.1) is 0 Å². The minimum atomic E-state index is -0.639. The van der Waals surface area contributed by atoms with Crippen molar-refractivity contribution < 1.29 is 11.7 Å². The van der Waals surface area contributed by atoms with Crippen LogP contribution in [0.15, 0.2) is 0 Å². The second-order valence-electron chi connectivity index (χ2n) is 0.283. The number of hydrogen-bond acceptors (Lipinski definition) is 3. The van der Waals surface area contributed by atoms with Gasteiger partial charge in [0.25, 0.3) is 0 Å². The molecule has 0 amide bonds. The molecule has 0 aliphatic carbocycles. The molecule has 3 heteroatoms. The van der Waals surface area contributed by atoms with Crippen LogP contribution in [0.4, 0.5) is 0 Å². The van der Waals surface area contributed by atoms with Crippen molar-refractivity contribution in [3.05, 3.63) is 0 Å². The Morgan fingerprint density at radius 1 is 2.25 bits per heavy atom. The summed E-state index contributed by atoms with van der Waals surface area (Å²) in [7, 11) is 0. The zero-order chi connectivity index (χ0) is 4.28. The highest BCUT2D eigenvalue weighted by molar-refractivity contribution is 3.84. The third kappa shape index (κ3) is 1.88. The van der Waals surface area contributed by atoms with Gasteiger partial charge in [-0.1, -0.05) is 0 Å². The largest absolute Gasteiger partial charge is 0.379 e. The first-order valence-corrected chi connectivity index (χ1v) is 0.832. The first-order valence-electron chi connectivity index (χ1n) is 1.28. The minimum Gasteiger partial charge on any atom is -0.379 e. The average molecular weight is 64.1 g/mol. The summed E-state index contributed by atoms with van der Waals surface area (Å²) in [5.74, 6) is 0. The van der Waals surface area contributed by atoms with Crippen LogP contribution in [0.3, 0.4) is 0 Å². The van der Waals surface area contributed by atoms with Crippen molar-refractivity contribution in [2.45, 2.75) is 0 Å². The summed E-state index contributed by atoms with van der Waals surface area (Å²) in [6.07, 6.45) is 0. The third-order valence-corrected chi connectivity index (χ3v) is 0.0632. The van der Waals surface area contributed by atoms with Crippen molar-refractivity contribution in [2.24, 2.45) is 0 Å². The lowest BCUT2D eigenvalue weighted by Crippen LogP contribution is -2.05. The SMILES string of the molecule is [2H]N(O)CO. The molecule has 0 unspecified atom stereocenters. The fourth-order valence-electron chi connectivity index (χ4n) is 0. The van der Waals surface area contributed by atoms with E-state index in [0.29, 0.717) is 0 Å². The van der Waals surface area contributed by atoms with E-state index in [1.165, 1.54) is 0 Å². The average Bonchev–Trinajstić information content (AvgIpc) is 1.38. The zero-order valence-electron chi connectivity index (χ0n) is 3.05. The molecule has 3 nitrogen and oxygen atoms in total. The van der Waals surface area contributed by atoms with E-state index < -0.39 is 6.73 Å². The van der Waals surface area contributed by atoms with Crippen molar-refractivity contribution in [3.63, 3.8) is 0 Å². The number of rotatable bonds is 1. The molecular weight excluding hydrogens is 58.0 g/mol. The number of aliphatic hydroxyl groups excluding tert-OH is 1. The highest BCUT2D eigenvalue weighted by Gasteiger charge is 1.52. The van der Waals surface area contributed by atoms with Gasteiger partial charge in [0, 0.05) is 0 Å². The lowest BCUT2D eigenvalue weighted by Gasteiger charge is -1.75. The van der Waals surface area contributed by atoms with Gasteiger partial charge >= 0.3 is 0 Å². The van der Waals surface area contributed by atoms with Gasteiger partial charge in [0.05, 0.1) is 0 Å². The van der Waals surface area contributed by atoms with E-state index in [4.69, 9.17) is 11.7 Å². The Bertz CT molecular complexity index is 23.6. The van der Waals surface area contributed by atoms with E-state index in [2.05, 4.69) is 0 Å². The Hall–Kier alpha value is -0.120. The summed E-state index contributed by atoms with van der Waals surface area (Å²) in [5.41, 5.74) is -0.0694. The van der Waals surface area contributed by atoms with Crippen LogP contribution in [-0.4, -0.2) is 17.0 Å². The van der Waals surface area contributed by atoms with E-state index in [1.807, 2.05) is 0 Å². The fourth-order valence-corrected chi connectivity index (χ4v) is 0. The van der Waals surface area contributed by atoms with Crippen LogP contribution >= 0.6 is 0 Å². The van der Waals surface area contributed by atoms with E-state index >= 15 is 0 Å². The van der Waals surface area contributed by atoms with Crippen LogP contribution in [-0.2, 0) is 0 Å². The molecule has 0 aromatic heterocycles. The van der Waals surface area contributed by atoms with Gasteiger partial charge in [0.15, 0.2) is 1.41 Å². The molecule has 3 N–H and O–H groups in total. The molecule has 0 saturated heterocycles.